The van der Waals surface area contributed by atoms with Crippen molar-refractivity contribution in [2.75, 3.05) is 0 Å². The maximum Gasteiger partial charge on any atom is 0.303 e. The second-order valence-electron chi connectivity index (χ2n) is 6.14. The molecule has 0 spiro atoms. The summed E-state index contributed by atoms with van der Waals surface area (Å²) < 4.78 is 5.65. The van der Waals surface area contributed by atoms with E-state index in [0.29, 0.717) is 12.2 Å². The first-order valence-corrected chi connectivity index (χ1v) is 9.08. The van der Waals surface area contributed by atoms with Crippen LogP contribution in [0, 0.1) is 0 Å². The van der Waals surface area contributed by atoms with E-state index >= 15 is 0 Å². The Morgan fingerprint density at radius 2 is 1.70 bits per heavy atom. The molecule has 1 rings (SSSR count). The first-order chi connectivity index (χ1) is 11.2. The number of epoxide rings is 1. The maximum absolute atomic E-state index is 10.3. The molecule has 0 aromatic carbocycles. The molecule has 1 aliphatic heterocycles. The number of unbranched alkanes of at least 4 members (excludes halogenated alkanes) is 4. The topological polar surface area (TPSA) is 49.8 Å². The summed E-state index contributed by atoms with van der Waals surface area (Å²) in [5.74, 6) is -0.711. The van der Waals surface area contributed by atoms with Crippen LogP contribution in [-0.4, -0.2) is 23.3 Å². The van der Waals surface area contributed by atoms with Crippen LogP contribution in [0.15, 0.2) is 36.5 Å². The zero-order valence-electron chi connectivity index (χ0n) is 14.5. The average Bonchev–Trinajstić information content (AvgIpc) is 3.27. The van der Waals surface area contributed by atoms with Gasteiger partial charge in [-0.2, -0.15) is 0 Å². The smallest absolute Gasteiger partial charge is 0.303 e. The largest absolute Gasteiger partial charge is 0.481 e. The highest BCUT2D eigenvalue weighted by atomic mass is 16.6. The van der Waals surface area contributed by atoms with Crippen molar-refractivity contribution < 1.29 is 14.6 Å². The third-order valence-corrected chi connectivity index (χ3v) is 3.96. The minimum atomic E-state index is -0.711. The van der Waals surface area contributed by atoms with Gasteiger partial charge in [0, 0.05) is 6.42 Å². The highest BCUT2D eigenvalue weighted by molar-refractivity contribution is 5.66. The van der Waals surface area contributed by atoms with Crippen LogP contribution in [0.1, 0.15) is 71.1 Å². The number of carboxylic acid groups (broad SMARTS) is 1. The molecule has 23 heavy (non-hydrogen) atoms. The number of allylic oxidation sites excluding steroid dienone is 5. The lowest BCUT2D eigenvalue weighted by Crippen LogP contribution is -1.92. The molecule has 1 N–H and O–H groups in total. The highest BCUT2D eigenvalue weighted by Crippen LogP contribution is 2.30. The van der Waals surface area contributed by atoms with E-state index in [4.69, 9.17) is 9.84 Å². The molecule has 3 nitrogen and oxygen atoms in total. The van der Waals surface area contributed by atoms with E-state index in [1.54, 1.807) is 0 Å². The second kappa shape index (κ2) is 13.1. The number of hydrogen-bond donors (Lipinski definition) is 1. The summed E-state index contributed by atoms with van der Waals surface area (Å²) in [5, 5.41) is 8.51. The molecule has 0 radical (unpaired) electrons. The fourth-order valence-electron chi connectivity index (χ4n) is 2.50. The fourth-order valence-corrected chi connectivity index (χ4v) is 2.50. The van der Waals surface area contributed by atoms with Crippen molar-refractivity contribution in [3.63, 3.8) is 0 Å². The van der Waals surface area contributed by atoms with Gasteiger partial charge in [-0.15, -0.1) is 0 Å². The highest BCUT2D eigenvalue weighted by Gasteiger charge is 2.36. The number of aliphatic carboxylic acids is 1. The van der Waals surface area contributed by atoms with Crippen LogP contribution >= 0.6 is 0 Å². The van der Waals surface area contributed by atoms with Gasteiger partial charge in [0.15, 0.2) is 0 Å². The van der Waals surface area contributed by atoms with Gasteiger partial charge in [-0.1, -0.05) is 62.6 Å². The molecule has 1 heterocycles. The molecule has 2 atom stereocenters. The zero-order valence-corrected chi connectivity index (χ0v) is 14.5. The lowest BCUT2D eigenvalue weighted by molar-refractivity contribution is -0.137. The fraction of sp³-hybridized carbons (Fsp3) is 0.650. The van der Waals surface area contributed by atoms with Crippen LogP contribution in [0.5, 0.6) is 0 Å². The van der Waals surface area contributed by atoms with Crippen LogP contribution in [0.4, 0.5) is 0 Å². The van der Waals surface area contributed by atoms with E-state index in [9.17, 15) is 4.79 Å². The van der Waals surface area contributed by atoms with Crippen molar-refractivity contribution in [1.82, 2.24) is 0 Å². The van der Waals surface area contributed by atoms with Crippen molar-refractivity contribution in [1.29, 1.82) is 0 Å². The van der Waals surface area contributed by atoms with Crippen molar-refractivity contribution in [3.05, 3.63) is 36.5 Å². The average molecular weight is 320 g/mol. The maximum atomic E-state index is 10.3. The Morgan fingerprint density at radius 1 is 0.957 bits per heavy atom. The van der Waals surface area contributed by atoms with E-state index in [1.807, 2.05) is 0 Å². The number of carboxylic acids is 1. The van der Waals surface area contributed by atoms with Crippen LogP contribution in [0.3, 0.4) is 0 Å². The molecule has 1 saturated heterocycles. The van der Waals surface area contributed by atoms with Gasteiger partial charge in [-0.05, 0) is 38.5 Å². The van der Waals surface area contributed by atoms with Gasteiger partial charge in [0.1, 0.15) is 0 Å². The predicted octanol–water partition coefficient (Wildman–Crippen LogP) is 5.43. The monoisotopic (exact) mass is 320 g/mol. The molecule has 0 unspecified atom stereocenters. The Labute approximate surface area is 141 Å². The number of ether oxygens (including phenoxy) is 1. The number of carbonyl (C=O) groups is 1. The Balaban J connectivity index is 1.90. The van der Waals surface area contributed by atoms with E-state index in [0.717, 1.165) is 32.1 Å². The third kappa shape index (κ3) is 11.8. The standard InChI is InChI=1S/C20H32O3/c1-2-3-12-15-18-19(23-18)16-13-10-8-6-4-5-7-9-11-14-17-20(21)22/h6-10,13,18-19H,2-5,11-12,14-17H2,1H3,(H,21,22)/b8-6+,9-7+,13-10+/t18-,19+/m0/s1. The van der Waals surface area contributed by atoms with Crippen molar-refractivity contribution in [3.8, 4) is 0 Å². The molecule has 130 valence electrons. The number of hydrogen-bond acceptors (Lipinski definition) is 2. The first-order valence-electron chi connectivity index (χ1n) is 9.08. The minimum Gasteiger partial charge on any atom is -0.481 e. The Hall–Kier alpha value is -1.35. The van der Waals surface area contributed by atoms with E-state index in [1.165, 1.54) is 25.7 Å². The van der Waals surface area contributed by atoms with E-state index in [2.05, 4.69) is 43.4 Å². The first kappa shape index (κ1) is 19.7. The van der Waals surface area contributed by atoms with Crippen LogP contribution in [0.25, 0.3) is 0 Å². The molecule has 0 amide bonds. The molecule has 1 fully saturated rings. The van der Waals surface area contributed by atoms with Crippen LogP contribution in [0.2, 0.25) is 0 Å². The minimum absolute atomic E-state index is 0.263. The molecule has 0 saturated carbocycles. The van der Waals surface area contributed by atoms with E-state index in [-0.39, 0.29) is 6.42 Å². The molecule has 0 aromatic rings. The van der Waals surface area contributed by atoms with Crippen molar-refractivity contribution in [2.24, 2.45) is 0 Å². The SMILES string of the molecule is CCCCC[C@@H]1O[C@@H]1C/C=C/C=C/CC/C=C/CCCC(=O)O. The lowest BCUT2D eigenvalue weighted by atomic mass is 10.1. The van der Waals surface area contributed by atoms with Gasteiger partial charge in [0.05, 0.1) is 12.2 Å². The quantitative estimate of drug-likeness (QED) is 0.201. The Morgan fingerprint density at radius 3 is 2.48 bits per heavy atom. The normalized spacial score (nSPS) is 20.9. The van der Waals surface area contributed by atoms with Crippen molar-refractivity contribution >= 4 is 5.97 Å². The molecule has 0 aromatic heterocycles. The van der Waals surface area contributed by atoms with Gasteiger partial charge < -0.3 is 9.84 Å². The second-order valence-corrected chi connectivity index (χ2v) is 6.14. The van der Waals surface area contributed by atoms with Gasteiger partial charge >= 0.3 is 5.97 Å². The predicted molar refractivity (Wildman–Crippen MR) is 95.6 cm³/mol. The van der Waals surface area contributed by atoms with Crippen LogP contribution in [-0.2, 0) is 9.53 Å². The van der Waals surface area contributed by atoms with Crippen molar-refractivity contribution in [2.45, 2.75) is 83.3 Å². The van der Waals surface area contributed by atoms with Crippen LogP contribution < -0.4 is 0 Å². The summed E-state index contributed by atoms with van der Waals surface area (Å²) in [5.41, 5.74) is 0. The lowest BCUT2D eigenvalue weighted by Gasteiger charge is -1.93. The van der Waals surface area contributed by atoms with Gasteiger partial charge in [-0.3, -0.25) is 4.79 Å². The van der Waals surface area contributed by atoms with Gasteiger partial charge in [0.2, 0.25) is 0 Å². The molecule has 0 aliphatic carbocycles. The summed E-state index contributed by atoms with van der Waals surface area (Å²) in [6, 6.07) is 0. The third-order valence-electron chi connectivity index (χ3n) is 3.96. The summed E-state index contributed by atoms with van der Waals surface area (Å²) in [4.78, 5) is 10.3. The van der Waals surface area contributed by atoms with E-state index < -0.39 is 5.97 Å². The number of rotatable bonds is 14. The molecule has 0 bridgehead atoms. The Bertz CT molecular complexity index is 396. The summed E-state index contributed by atoms with van der Waals surface area (Å²) in [7, 11) is 0. The Kier molecular flexibility index (Phi) is 11.2. The molecule has 1 aliphatic rings. The van der Waals surface area contributed by atoms with Gasteiger partial charge in [-0.25, -0.2) is 0 Å². The molecule has 3 heteroatoms. The summed E-state index contributed by atoms with van der Waals surface area (Å²) >= 11 is 0. The zero-order chi connectivity index (χ0) is 16.8. The summed E-state index contributed by atoms with van der Waals surface area (Å²) in [6.07, 6.45) is 23.8. The molecular weight excluding hydrogens is 288 g/mol. The summed E-state index contributed by atoms with van der Waals surface area (Å²) in [6.45, 7) is 2.23. The molecular formula is C20H32O3. The van der Waals surface area contributed by atoms with Gasteiger partial charge in [0.25, 0.3) is 0 Å².